The van der Waals surface area contributed by atoms with Gasteiger partial charge in [0, 0.05) is 46.1 Å². The molecule has 2 atom stereocenters. The Labute approximate surface area is 307 Å². The second-order valence-corrected chi connectivity index (χ2v) is 14.4. The zero-order valence-corrected chi connectivity index (χ0v) is 30.2. The molecule has 2 aliphatic carbocycles. The maximum Gasteiger partial charge on any atom is 0.123 e. The van der Waals surface area contributed by atoms with E-state index < -0.39 is 0 Å². The van der Waals surface area contributed by atoms with Gasteiger partial charge in [0.25, 0.3) is 0 Å². The van der Waals surface area contributed by atoms with Gasteiger partial charge < -0.3 is 9.30 Å². The number of allylic oxidation sites excluding steroid dienone is 5. The normalized spacial score (nSPS) is 17.5. The first kappa shape index (κ1) is 32.1. The van der Waals surface area contributed by atoms with Crippen LogP contribution in [0, 0.1) is 0 Å². The fourth-order valence-electron chi connectivity index (χ4n) is 8.92. The fourth-order valence-corrected chi connectivity index (χ4v) is 8.92. The Balaban J connectivity index is 1.18. The number of para-hydroxylation sites is 1. The minimum absolute atomic E-state index is 0.0434. The Morgan fingerprint density at radius 1 is 0.750 bits per heavy atom. The molecule has 2 nitrogen and oxygen atoms in total. The fraction of sp³-hybridized carbons (Fsp3) is 0.160. The lowest BCUT2D eigenvalue weighted by atomic mass is 9.83. The van der Waals surface area contributed by atoms with Crippen LogP contribution >= 0.6 is 0 Å². The Bertz CT molecular complexity index is 2450. The van der Waals surface area contributed by atoms with Crippen molar-refractivity contribution in [2.75, 3.05) is 0 Å². The van der Waals surface area contributed by atoms with Crippen molar-refractivity contribution in [3.63, 3.8) is 0 Å². The first-order chi connectivity index (χ1) is 25.5. The predicted molar refractivity (Wildman–Crippen MR) is 218 cm³/mol. The average Bonchev–Trinajstić information content (AvgIpc) is 3.84. The molecule has 2 heterocycles. The highest BCUT2D eigenvalue weighted by molar-refractivity contribution is 5.97. The van der Waals surface area contributed by atoms with Gasteiger partial charge in [0.1, 0.15) is 11.9 Å². The summed E-state index contributed by atoms with van der Waals surface area (Å²) in [6.45, 7) is 10.5. The summed E-state index contributed by atoms with van der Waals surface area (Å²) in [5.74, 6) is 1.12. The van der Waals surface area contributed by atoms with E-state index >= 15 is 0 Å². The minimum atomic E-state index is 0.0434. The summed E-state index contributed by atoms with van der Waals surface area (Å²) in [5.41, 5.74) is 21.0. The van der Waals surface area contributed by atoms with E-state index in [1.165, 1.54) is 89.4 Å². The van der Waals surface area contributed by atoms with E-state index in [0.717, 1.165) is 25.0 Å². The van der Waals surface area contributed by atoms with Crippen molar-refractivity contribution in [1.82, 2.24) is 4.57 Å². The van der Waals surface area contributed by atoms with E-state index in [2.05, 4.69) is 171 Å². The first-order valence-corrected chi connectivity index (χ1v) is 18.6. The molecule has 2 heteroatoms. The van der Waals surface area contributed by atoms with Crippen LogP contribution < -0.4 is 4.74 Å². The molecule has 0 saturated carbocycles. The van der Waals surface area contributed by atoms with Crippen LogP contribution in [0.1, 0.15) is 66.8 Å². The van der Waals surface area contributed by atoms with E-state index in [4.69, 9.17) is 4.74 Å². The minimum Gasteiger partial charge on any atom is -0.489 e. The lowest BCUT2D eigenvalue weighted by Gasteiger charge is -2.22. The number of ether oxygens (including phenoxy) is 1. The number of benzene rings is 5. The van der Waals surface area contributed by atoms with Crippen LogP contribution in [0.2, 0.25) is 0 Å². The molecule has 9 rings (SSSR count). The van der Waals surface area contributed by atoms with Gasteiger partial charge in [-0.2, -0.15) is 0 Å². The van der Waals surface area contributed by atoms with Crippen LogP contribution in [0.3, 0.4) is 0 Å². The van der Waals surface area contributed by atoms with Crippen LogP contribution in [0.15, 0.2) is 157 Å². The third-order valence-corrected chi connectivity index (χ3v) is 11.4. The highest BCUT2D eigenvalue weighted by Gasteiger charge is 2.35. The summed E-state index contributed by atoms with van der Waals surface area (Å²) in [6.07, 6.45) is 11.8. The Morgan fingerprint density at radius 2 is 1.48 bits per heavy atom. The number of hydrogen-bond donors (Lipinski definition) is 0. The molecule has 0 spiro atoms. The van der Waals surface area contributed by atoms with Gasteiger partial charge in [-0.05, 0) is 126 Å². The third kappa shape index (κ3) is 5.25. The molecule has 6 aromatic rings. The molecule has 2 unspecified atom stereocenters. The summed E-state index contributed by atoms with van der Waals surface area (Å²) >= 11 is 0. The number of hydrogen-bond acceptors (Lipinski definition) is 1. The van der Waals surface area contributed by atoms with E-state index in [0.29, 0.717) is 0 Å². The van der Waals surface area contributed by atoms with Crippen LogP contribution in [0.25, 0.3) is 50.7 Å². The average molecular weight is 674 g/mol. The van der Waals surface area contributed by atoms with Crippen molar-refractivity contribution in [1.29, 1.82) is 0 Å². The number of nitrogens with zero attached hydrogens (tertiary/aromatic N) is 1. The molecule has 0 saturated heterocycles. The van der Waals surface area contributed by atoms with E-state index in [9.17, 15) is 0 Å². The van der Waals surface area contributed by atoms with Gasteiger partial charge in [-0.15, -0.1) is 0 Å². The Morgan fingerprint density at radius 3 is 2.27 bits per heavy atom. The standard InChI is InChI=1S/C50H43NO/c1-5-15-40(32(3)6-2)49-33(4)52-48-27-24-36(29-45(48)49)35-22-25-41(43(28-35)34-16-9-7-10-17-34)38-23-26-46-44(30-38)50-42-21-14-13-18-37(42)31-47(50)51(46)39-19-11-8-12-20-39/h5-22,24-25,27-30,33,49H,2,23,26,31H2,1,3-4H3/b15-5-,40-32+. The molecule has 1 aromatic heterocycles. The smallest absolute Gasteiger partial charge is 0.123 e. The van der Waals surface area contributed by atoms with Gasteiger partial charge in [0.2, 0.25) is 0 Å². The molecule has 0 amide bonds. The molecule has 52 heavy (non-hydrogen) atoms. The number of rotatable bonds is 7. The zero-order valence-electron chi connectivity index (χ0n) is 30.2. The molecule has 3 aliphatic rings. The Hall–Kier alpha value is -5.86. The second kappa shape index (κ2) is 13.0. The van der Waals surface area contributed by atoms with Crippen molar-refractivity contribution in [3.05, 3.63) is 191 Å². The summed E-state index contributed by atoms with van der Waals surface area (Å²) in [4.78, 5) is 0. The van der Waals surface area contributed by atoms with Crippen molar-refractivity contribution >= 4 is 11.6 Å². The van der Waals surface area contributed by atoms with E-state index in [1.54, 1.807) is 0 Å². The van der Waals surface area contributed by atoms with Gasteiger partial charge in [-0.1, -0.05) is 116 Å². The molecular weight excluding hydrogens is 631 g/mol. The zero-order chi connectivity index (χ0) is 35.3. The van der Waals surface area contributed by atoms with E-state index in [-0.39, 0.29) is 12.0 Å². The largest absolute Gasteiger partial charge is 0.489 e. The lowest BCUT2D eigenvalue weighted by molar-refractivity contribution is 0.238. The molecule has 1 aliphatic heterocycles. The number of fused-ring (bicyclic) bond motifs is 6. The summed E-state index contributed by atoms with van der Waals surface area (Å²) < 4.78 is 8.98. The topological polar surface area (TPSA) is 14.2 Å². The summed E-state index contributed by atoms with van der Waals surface area (Å²) in [5, 5.41) is 0. The van der Waals surface area contributed by atoms with Gasteiger partial charge >= 0.3 is 0 Å². The van der Waals surface area contributed by atoms with Gasteiger partial charge in [-0.25, -0.2) is 0 Å². The van der Waals surface area contributed by atoms with Crippen molar-refractivity contribution in [2.45, 2.75) is 52.1 Å². The third-order valence-electron chi connectivity index (χ3n) is 11.4. The maximum atomic E-state index is 6.42. The Kier molecular flexibility index (Phi) is 8.04. The molecule has 0 radical (unpaired) electrons. The molecular formula is C50H43NO. The van der Waals surface area contributed by atoms with Crippen LogP contribution in [0.4, 0.5) is 0 Å². The molecule has 0 fully saturated rings. The second-order valence-electron chi connectivity index (χ2n) is 14.4. The highest BCUT2D eigenvalue weighted by Crippen LogP contribution is 2.49. The molecule has 0 N–H and O–H groups in total. The van der Waals surface area contributed by atoms with Crippen LogP contribution in [0.5, 0.6) is 5.75 Å². The predicted octanol–water partition coefficient (Wildman–Crippen LogP) is 12.8. The first-order valence-electron chi connectivity index (χ1n) is 18.6. The van der Waals surface area contributed by atoms with E-state index in [1.807, 2.05) is 6.08 Å². The van der Waals surface area contributed by atoms with Crippen LogP contribution in [-0.2, 0) is 12.8 Å². The lowest BCUT2D eigenvalue weighted by Crippen LogP contribution is -2.16. The SMILES string of the molecule is C=C/C(C)=C(\C=C/C)C1c2cc(-c3ccc(C4=Cc5c6c(n(-c7ccccc7)c5CC4)Cc4ccccc4-6)c(-c4ccccc4)c3)ccc2OC1C. The monoisotopic (exact) mass is 673 g/mol. The highest BCUT2D eigenvalue weighted by atomic mass is 16.5. The molecule has 254 valence electrons. The van der Waals surface area contributed by atoms with Gasteiger partial charge in [-0.3, -0.25) is 0 Å². The molecule has 5 aromatic carbocycles. The van der Waals surface area contributed by atoms with Crippen molar-refractivity contribution in [3.8, 4) is 44.8 Å². The van der Waals surface area contributed by atoms with Gasteiger partial charge in [0.05, 0.1) is 0 Å². The maximum absolute atomic E-state index is 6.42. The molecule has 0 bridgehead atoms. The van der Waals surface area contributed by atoms with Crippen molar-refractivity contribution < 1.29 is 4.74 Å². The van der Waals surface area contributed by atoms with Gasteiger partial charge in [0.15, 0.2) is 0 Å². The quantitative estimate of drug-likeness (QED) is 0.154. The summed E-state index contributed by atoms with van der Waals surface area (Å²) in [7, 11) is 0. The van der Waals surface area contributed by atoms with Crippen LogP contribution in [-0.4, -0.2) is 10.7 Å². The summed E-state index contributed by atoms with van der Waals surface area (Å²) in [6, 6.07) is 44.6. The van der Waals surface area contributed by atoms with Crippen molar-refractivity contribution in [2.24, 2.45) is 0 Å². The number of aromatic nitrogens is 1.